The smallest absolute Gasteiger partial charge is 0.223 e. The Kier molecular flexibility index (Phi) is 5.81. The van der Waals surface area contributed by atoms with E-state index in [-0.39, 0.29) is 12.3 Å². The minimum Gasteiger partial charge on any atom is -0.497 e. The van der Waals surface area contributed by atoms with Gasteiger partial charge in [0, 0.05) is 11.6 Å². The van der Waals surface area contributed by atoms with Gasteiger partial charge in [0.1, 0.15) is 5.75 Å². The number of aliphatic hydroxyl groups is 1. The molecule has 0 bridgehead atoms. The molecule has 0 aliphatic carbocycles. The van der Waals surface area contributed by atoms with Gasteiger partial charge in [-0.05, 0) is 35.4 Å². The van der Waals surface area contributed by atoms with Crippen molar-refractivity contribution in [3.8, 4) is 5.75 Å². The molecule has 1 unspecified atom stereocenters. The van der Waals surface area contributed by atoms with Gasteiger partial charge in [0.2, 0.25) is 5.91 Å². The maximum absolute atomic E-state index is 11.9. The van der Waals surface area contributed by atoms with Gasteiger partial charge in [0.25, 0.3) is 0 Å². The summed E-state index contributed by atoms with van der Waals surface area (Å²) in [6.45, 7) is 0.413. The monoisotopic (exact) mass is 319 g/mol. The molecule has 116 valence electrons. The molecule has 0 spiro atoms. The van der Waals surface area contributed by atoms with Crippen molar-refractivity contribution in [3.05, 3.63) is 64.7 Å². The minimum absolute atomic E-state index is 0.0117. The fourth-order valence-corrected chi connectivity index (χ4v) is 2.12. The predicted molar refractivity (Wildman–Crippen MR) is 85.9 cm³/mol. The topological polar surface area (TPSA) is 58.6 Å². The van der Waals surface area contributed by atoms with Crippen LogP contribution in [0.4, 0.5) is 0 Å². The molecule has 2 N–H and O–H groups in total. The Morgan fingerprint density at radius 3 is 2.41 bits per heavy atom. The summed E-state index contributed by atoms with van der Waals surface area (Å²) >= 11 is 5.79. The number of aliphatic hydroxyl groups excluding tert-OH is 1. The van der Waals surface area contributed by atoms with Crippen molar-refractivity contribution in [2.75, 3.05) is 7.11 Å². The molecule has 2 aromatic carbocycles. The second kappa shape index (κ2) is 7.82. The molecular formula is C17H18ClNO3. The van der Waals surface area contributed by atoms with Crippen LogP contribution < -0.4 is 10.1 Å². The molecule has 2 rings (SSSR count). The van der Waals surface area contributed by atoms with Crippen molar-refractivity contribution < 1.29 is 14.6 Å². The van der Waals surface area contributed by atoms with Crippen molar-refractivity contribution in [2.45, 2.75) is 19.1 Å². The van der Waals surface area contributed by atoms with Crippen molar-refractivity contribution in [3.63, 3.8) is 0 Å². The average molecular weight is 320 g/mol. The highest BCUT2D eigenvalue weighted by Crippen LogP contribution is 2.19. The van der Waals surface area contributed by atoms with E-state index < -0.39 is 6.10 Å². The van der Waals surface area contributed by atoms with Crippen molar-refractivity contribution in [1.82, 2.24) is 5.32 Å². The van der Waals surface area contributed by atoms with E-state index in [2.05, 4.69) is 5.32 Å². The first-order valence-electron chi connectivity index (χ1n) is 6.91. The number of amides is 1. The molecule has 0 saturated carbocycles. The van der Waals surface area contributed by atoms with E-state index >= 15 is 0 Å². The summed E-state index contributed by atoms with van der Waals surface area (Å²) in [6, 6.07) is 14.2. The fourth-order valence-electron chi connectivity index (χ4n) is 1.99. The van der Waals surface area contributed by atoms with Gasteiger partial charge in [-0.25, -0.2) is 0 Å². The normalized spacial score (nSPS) is 11.8. The molecule has 0 saturated heterocycles. The predicted octanol–water partition coefficient (Wildman–Crippen LogP) is 3.09. The van der Waals surface area contributed by atoms with Gasteiger partial charge in [-0.1, -0.05) is 35.9 Å². The second-order valence-electron chi connectivity index (χ2n) is 4.90. The van der Waals surface area contributed by atoms with E-state index in [0.717, 1.165) is 11.3 Å². The maximum Gasteiger partial charge on any atom is 0.223 e. The van der Waals surface area contributed by atoms with Gasteiger partial charge in [-0.3, -0.25) is 4.79 Å². The number of rotatable bonds is 6. The number of methoxy groups -OCH3 is 1. The van der Waals surface area contributed by atoms with E-state index in [1.807, 2.05) is 24.3 Å². The van der Waals surface area contributed by atoms with Gasteiger partial charge in [-0.15, -0.1) is 0 Å². The van der Waals surface area contributed by atoms with Gasteiger partial charge < -0.3 is 15.2 Å². The summed E-state index contributed by atoms with van der Waals surface area (Å²) in [5.74, 6) is 0.562. The van der Waals surface area contributed by atoms with Crippen LogP contribution >= 0.6 is 11.6 Å². The molecule has 5 heteroatoms. The standard InChI is InChI=1S/C17H18ClNO3/c1-22-15-8-2-12(3-9-15)11-19-17(21)10-16(20)13-4-6-14(18)7-5-13/h2-9,16,20H,10-11H2,1H3,(H,19,21). The molecule has 0 fully saturated rings. The van der Waals surface area contributed by atoms with E-state index in [9.17, 15) is 9.90 Å². The molecule has 0 aliphatic heterocycles. The Balaban J connectivity index is 1.83. The first-order valence-corrected chi connectivity index (χ1v) is 7.29. The third-order valence-electron chi connectivity index (χ3n) is 3.28. The molecule has 0 aromatic heterocycles. The Morgan fingerprint density at radius 2 is 1.82 bits per heavy atom. The van der Waals surface area contributed by atoms with Crippen molar-refractivity contribution in [2.24, 2.45) is 0 Å². The quantitative estimate of drug-likeness (QED) is 0.860. The molecule has 0 aliphatic rings. The second-order valence-corrected chi connectivity index (χ2v) is 5.33. The van der Waals surface area contributed by atoms with E-state index in [1.165, 1.54) is 0 Å². The Hall–Kier alpha value is -2.04. The number of carbonyl (C=O) groups is 1. The van der Waals surface area contributed by atoms with Crippen molar-refractivity contribution in [1.29, 1.82) is 0 Å². The summed E-state index contributed by atoms with van der Waals surface area (Å²) in [6.07, 6.45) is -0.828. The fraction of sp³-hybridized carbons (Fsp3) is 0.235. The zero-order valence-electron chi connectivity index (χ0n) is 12.3. The van der Waals surface area contributed by atoms with Gasteiger partial charge >= 0.3 is 0 Å². The number of hydrogen-bond donors (Lipinski definition) is 2. The summed E-state index contributed by atoms with van der Waals surface area (Å²) in [7, 11) is 1.61. The number of hydrogen-bond acceptors (Lipinski definition) is 3. The van der Waals surface area contributed by atoms with Crippen LogP contribution in [0.2, 0.25) is 5.02 Å². The van der Waals surface area contributed by atoms with Crippen LogP contribution in [-0.4, -0.2) is 18.1 Å². The first kappa shape index (κ1) is 16.3. The van der Waals surface area contributed by atoms with Crippen LogP contribution in [0.5, 0.6) is 5.75 Å². The zero-order chi connectivity index (χ0) is 15.9. The molecule has 1 atom stereocenters. The average Bonchev–Trinajstić information content (AvgIpc) is 2.54. The number of carbonyl (C=O) groups excluding carboxylic acids is 1. The van der Waals surface area contributed by atoms with Gasteiger partial charge in [0.15, 0.2) is 0 Å². The van der Waals surface area contributed by atoms with Crippen LogP contribution in [0, 0.1) is 0 Å². The number of ether oxygens (including phenoxy) is 1. The minimum atomic E-state index is -0.840. The zero-order valence-corrected chi connectivity index (χ0v) is 13.0. The molecule has 0 radical (unpaired) electrons. The lowest BCUT2D eigenvalue weighted by Crippen LogP contribution is -2.24. The summed E-state index contributed by atoms with van der Waals surface area (Å²) < 4.78 is 5.07. The lowest BCUT2D eigenvalue weighted by Gasteiger charge is -2.11. The Bertz CT molecular complexity index is 611. The van der Waals surface area contributed by atoms with Gasteiger partial charge in [0.05, 0.1) is 19.6 Å². The highest BCUT2D eigenvalue weighted by molar-refractivity contribution is 6.30. The van der Waals surface area contributed by atoms with Crippen LogP contribution in [-0.2, 0) is 11.3 Å². The van der Waals surface area contributed by atoms with Crippen LogP contribution in [0.25, 0.3) is 0 Å². The largest absolute Gasteiger partial charge is 0.497 e. The molecule has 2 aromatic rings. The van der Waals surface area contributed by atoms with Crippen molar-refractivity contribution >= 4 is 17.5 Å². The lowest BCUT2D eigenvalue weighted by atomic mass is 10.1. The Morgan fingerprint density at radius 1 is 1.18 bits per heavy atom. The molecule has 1 amide bonds. The number of nitrogens with one attached hydrogen (secondary N) is 1. The Labute approximate surface area is 134 Å². The highest BCUT2D eigenvalue weighted by atomic mass is 35.5. The van der Waals surface area contributed by atoms with Crippen LogP contribution in [0.15, 0.2) is 48.5 Å². The van der Waals surface area contributed by atoms with E-state index in [0.29, 0.717) is 17.1 Å². The first-order chi connectivity index (χ1) is 10.6. The summed E-state index contributed by atoms with van der Waals surface area (Å²) in [5, 5.41) is 13.4. The summed E-state index contributed by atoms with van der Waals surface area (Å²) in [4.78, 5) is 11.9. The third kappa shape index (κ3) is 4.76. The van der Waals surface area contributed by atoms with E-state index in [1.54, 1.807) is 31.4 Å². The maximum atomic E-state index is 11.9. The lowest BCUT2D eigenvalue weighted by molar-refractivity contribution is -0.123. The molecule has 22 heavy (non-hydrogen) atoms. The number of benzene rings is 2. The molecular weight excluding hydrogens is 302 g/mol. The SMILES string of the molecule is COc1ccc(CNC(=O)CC(O)c2ccc(Cl)cc2)cc1. The van der Waals surface area contributed by atoms with Gasteiger partial charge in [-0.2, -0.15) is 0 Å². The molecule has 0 heterocycles. The highest BCUT2D eigenvalue weighted by Gasteiger charge is 2.12. The van der Waals surface area contributed by atoms with Crippen LogP contribution in [0.3, 0.4) is 0 Å². The molecule has 4 nitrogen and oxygen atoms in total. The van der Waals surface area contributed by atoms with E-state index in [4.69, 9.17) is 16.3 Å². The number of halogens is 1. The third-order valence-corrected chi connectivity index (χ3v) is 3.53. The summed E-state index contributed by atoms with van der Waals surface area (Å²) in [5.41, 5.74) is 1.64. The van der Waals surface area contributed by atoms with Crippen LogP contribution in [0.1, 0.15) is 23.7 Å².